The van der Waals surface area contributed by atoms with E-state index in [0.717, 1.165) is 43.7 Å². The van der Waals surface area contributed by atoms with Gasteiger partial charge >= 0.3 is 5.97 Å². The number of aromatic nitrogens is 1. The van der Waals surface area contributed by atoms with Crippen LogP contribution in [0.4, 0.5) is 5.13 Å². The lowest BCUT2D eigenvalue weighted by Crippen LogP contribution is -3.13. The molecule has 200 valence electrons. The molecule has 2 atom stereocenters. The Labute approximate surface area is 220 Å². The van der Waals surface area contributed by atoms with Gasteiger partial charge in [0, 0.05) is 16.7 Å². The molecule has 0 saturated carbocycles. The fourth-order valence-corrected chi connectivity index (χ4v) is 6.24. The number of thiazole rings is 1. The number of carbonyl (C=O) groups excluding carboxylic acids is 3. The minimum absolute atomic E-state index is 0.0447. The molecule has 0 spiro atoms. The van der Waals surface area contributed by atoms with Crippen LogP contribution in [0.25, 0.3) is 0 Å². The molecule has 13 nitrogen and oxygen atoms in total. The standard InChI is InChI=1S/C22H28N6O7S2/c1-22(2,20(33)34)35-26-13(12-10-37-21(23)24-12)16(29)25-14-17(30)28-15(19(31)32)11(9-36-18(14)28)8-27-6-4-3-5-7-27/h10,14,18H,3-9H2,1-2H3,(H2,23,24)(H,25,29)(H,31,32)(H,33,34)/b26-13-/t14-,18-/m1/s1. The first-order valence-electron chi connectivity index (χ1n) is 11.7. The number of carbonyl (C=O) groups is 4. The highest BCUT2D eigenvalue weighted by Crippen LogP contribution is 2.39. The van der Waals surface area contributed by atoms with Crippen LogP contribution in [-0.4, -0.2) is 86.9 Å². The van der Waals surface area contributed by atoms with E-state index in [2.05, 4.69) is 15.5 Å². The molecule has 1 aromatic rings. The molecule has 0 bridgehead atoms. The molecule has 0 aromatic carbocycles. The van der Waals surface area contributed by atoms with E-state index in [1.54, 1.807) is 0 Å². The molecule has 3 aliphatic rings. The minimum atomic E-state index is -1.74. The van der Waals surface area contributed by atoms with Gasteiger partial charge < -0.3 is 35.8 Å². The smallest absolute Gasteiger partial charge is 0.350 e. The Bertz CT molecular complexity index is 1170. The third kappa shape index (κ3) is 5.57. The molecule has 0 radical (unpaired) electrons. The van der Waals surface area contributed by atoms with Crippen molar-refractivity contribution in [2.75, 3.05) is 31.1 Å². The van der Waals surface area contributed by atoms with Gasteiger partial charge in [0.15, 0.2) is 10.8 Å². The molecule has 2 fully saturated rings. The van der Waals surface area contributed by atoms with Gasteiger partial charge in [-0.3, -0.25) is 14.5 Å². The summed E-state index contributed by atoms with van der Waals surface area (Å²) in [6.07, 6.45) is 3.33. The number of nitrogen functional groups attached to an aromatic ring is 1. The van der Waals surface area contributed by atoms with Crippen molar-refractivity contribution in [2.45, 2.75) is 50.1 Å². The summed E-state index contributed by atoms with van der Waals surface area (Å²) in [5.74, 6) is -3.75. The number of likely N-dealkylation sites (tertiary alicyclic amines) is 1. The molecule has 2 amide bonds. The molecule has 0 aliphatic carbocycles. The summed E-state index contributed by atoms with van der Waals surface area (Å²) in [6, 6.07) is -1.02. The number of hydrogen-bond donors (Lipinski definition) is 4. The number of nitrogens with one attached hydrogen (secondary N) is 2. The molecule has 4 rings (SSSR count). The highest BCUT2D eigenvalue weighted by Gasteiger charge is 2.53. The van der Waals surface area contributed by atoms with Gasteiger partial charge in [-0.1, -0.05) is 5.16 Å². The lowest BCUT2D eigenvalue weighted by molar-refractivity contribution is -0.900. The third-order valence-corrected chi connectivity index (χ3v) is 8.42. The van der Waals surface area contributed by atoms with Crippen LogP contribution < -0.4 is 21.1 Å². The van der Waals surface area contributed by atoms with Gasteiger partial charge in [0.1, 0.15) is 23.7 Å². The lowest BCUT2D eigenvalue weighted by Gasteiger charge is -2.50. The van der Waals surface area contributed by atoms with E-state index in [-0.39, 0.29) is 22.2 Å². The Morgan fingerprint density at radius 1 is 1.35 bits per heavy atom. The number of quaternary nitrogens is 1. The molecule has 37 heavy (non-hydrogen) atoms. The summed E-state index contributed by atoms with van der Waals surface area (Å²) < 4.78 is 0. The van der Waals surface area contributed by atoms with Crippen molar-refractivity contribution in [1.82, 2.24) is 15.2 Å². The van der Waals surface area contributed by atoms with Crippen LogP contribution in [0.2, 0.25) is 0 Å². The number of carboxylic acids is 2. The molecule has 3 aliphatic heterocycles. The summed E-state index contributed by atoms with van der Waals surface area (Å²) >= 11 is 2.40. The minimum Gasteiger partial charge on any atom is -0.543 e. The molecule has 4 heterocycles. The number of fused-ring (bicyclic) bond motifs is 1. The van der Waals surface area contributed by atoms with Gasteiger partial charge in [0.05, 0.1) is 24.8 Å². The molecular weight excluding hydrogens is 524 g/mol. The molecule has 2 saturated heterocycles. The number of aliphatic carboxylic acids is 2. The van der Waals surface area contributed by atoms with Gasteiger partial charge in [-0.25, -0.2) is 9.78 Å². The Hall–Kier alpha value is -3.17. The number of amides is 2. The van der Waals surface area contributed by atoms with Crippen molar-refractivity contribution in [3.8, 4) is 0 Å². The van der Waals surface area contributed by atoms with E-state index in [4.69, 9.17) is 10.6 Å². The largest absolute Gasteiger partial charge is 0.543 e. The second-order valence-corrected chi connectivity index (χ2v) is 11.5. The predicted octanol–water partition coefficient (Wildman–Crippen LogP) is -2.22. The summed E-state index contributed by atoms with van der Waals surface area (Å²) in [5, 5.41) is 28.6. The molecule has 1 aromatic heterocycles. The number of nitrogens with zero attached hydrogens (tertiary/aromatic N) is 3. The molecular formula is C22H28N6O7S2. The number of piperidine rings is 1. The summed E-state index contributed by atoms with van der Waals surface area (Å²) in [6.45, 7) is 4.95. The summed E-state index contributed by atoms with van der Waals surface area (Å²) in [7, 11) is 0. The van der Waals surface area contributed by atoms with Crippen molar-refractivity contribution in [1.29, 1.82) is 0 Å². The van der Waals surface area contributed by atoms with Gasteiger partial charge in [0.25, 0.3) is 11.8 Å². The number of hydrogen-bond acceptors (Lipinski definition) is 11. The average molecular weight is 553 g/mol. The average Bonchev–Trinajstić information content (AvgIpc) is 3.28. The van der Waals surface area contributed by atoms with Crippen LogP contribution in [0.15, 0.2) is 21.8 Å². The van der Waals surface area contributed by atoms with Crippen molar-refractivity contribution >= 4 is 57.7 Å². The number of oxime groups is 1. The van der Waals surface area contributed by atoms with Crippen LogP contribution in [0.3, 0.4) is 0 Å². The first-order valence-corrected chi connectivity index (χ1v) is 13.7. The number of anilines is 1. The number of carboxylic acid groups (broad SMARTS) is 2. The van der Waals surface area contributed by atoms with Gasteiger partial charge in [-0.15, -0.1) is 23.1 Å². The zero-order chi connectivity index (χ0) is 26.9. The molecule has 0 unspecified atom stereocenters. The monoisotopic (exact) mass is 552 g/mol. The third-order valence-electron chi connectivity index (χ3n) is 6.41. The number of rotatable bonds is 9. The maximum Gasteiger partial charge on any atom is 0.350 e. The first kappa shape index (κ1) is 26.9. The predicted molar refractivity (Wildman–Crippen MR) is 132 cm³/mol. The Morgan fingerprint density at radius 3 is 2.65 bits per heavy atom. The Balaban J connectivity index is 1.52. The number of β-lactam (4-membered cyclic amide) rings is 1. The maximum absolute atomic E-state index is 13.1. The summed E-state index contributed by atoms with van der Waals surface area (Å²) in [4.78, 5) is 61.1. The fourth-order valence-electron chi connectivity index (χ4n) is 4.35. The SMILES string of the molecule is CC(C)(O/N=C(\C(=O)N[C@@H]1C(=O)N2C(C(=O)[O-])=C(C[NH+]3CCCCC3)CS[C@H]12)c1csc(N)n1)C(=O)O. The van der Waals surface area contributed by atoms with Crippen LogP contribution in [-0.2, 0) is 24.0 Å². The number of nitrogens with two attached hydrogens (primary N) is 1. The van der Waals surface area contributed by atoms with E-state index >= 15 is 0 Å². The van der Waals surface area contributed by atoms with Crippen molar-refractivity contribution in [2.24, 2.45) is 5.16 Å². The first-order chi connectivity index (χ1) is 17.5. The zero-order valence-electron chi connectivity index (χ0n) is 20.3. The van der Waals surface area contributed by atoms with Gasteiger partial charge in [-0.2, -0.15) is 0 Å². The van der Waals surface area contributed by atoms with E-state index < -0.39 is 40.8 Å². The van der Waals surface area contributed by atoms with E-state index in [1.807, 2.05) is 0 Å². The van der Waals surface area contributed by atoms with Crippen molar-refractivity contribution in [3.05, 3.63) is 22.3 Å². The van der Waals surface area contributed by atoms with Crippen LogP contribution in [0, 0.1) is 0 Å². The van der Waals surface area contributed by atoms with Gasteiger partial charge in [0.2, 0.25) is 5.60 Å². The van der Waals surface area contributed by atoms with Gasteiger partial charge in [-0.05, 0) is 33.1 Å². The number of thioether (sulfide) groups is 1. The van der Waals surface area contributed by atoms with Crippen LogP contribution in [0.1, 0.15) is 38.8 Å². The second kappa shape index (κ2) is 10.7. The fraction of sp³-hybridized carbons (Fsp3) is 0.545. The van der Waals surface area contributed by atoms with Crippen LogP contribution >= 0.6 is 23.1 Å². The quantitative estimate of drug-likeness (QED) is 0.148. The maximum atomic E-state index is 13.1. The van der Waals surface area contributed by atoms with Crippen LogP contribution in [0.5, 0.6) is 0 Å². The Morgan fingerprint density at radius 2 is 2.05 bits per heavy atom. The highest BCUT2D eigenvalue weighted by molar-refractivity contribution is 8.00. The molecule has 5 N–H and O–H groups in total. The van der Waals surface area contributed by atoms with E-state index in [1.165, 1.54) is 40.8 Å². The van der Waals surface area contributed by atoms with E-state index in [0.29, 0.717) is 17.9 Å². The second-order valence-electron chi connectivity index (χ2n) is 9.51. The normalized spacial score (nSPS) is 22.8. The molecule has 15 heteroatoms. The zero-order valence-corrected chi connectivity index (χ0v) is 21.9. The highest BCUT2D eigenvalue weighted by atomic mass is 32.2. The van der Waals surface area contributed by atoms with E-state index in [9.17, 15) is 29.4 Å². The van der Waals surface area contributed by atoms with Crippen molar-refractivity contribution in [3.63, 3.8) is 0 Å². The van der Waals surface area contributed by atoms with Crippen molar-refractivity contribution < 1.29 is 39.1 Å². The Kier molecular flexibility index (Phi) is 7.75. The lowest BCUT2D eigenvalue weighted by atomic mass is 10.0. The topological polar surface area (TPSA) is 192 Å². The summed E-state index contributed by atoms with van der Waals surface area (Å²) in [5.41, 5.74) is 4.15.